The number of hydrogen-bond acceptors (Lipinski definition) is 6. The summed E-state index contributed by atoms with van der Waals surface area (Å²) in [6.45, 7) is 6.63. The molecule has 0 saturated carbocycles. The third-order valence-electron chi connectivity index (χ3n) is 3.25. The summed E-state index contributed by atoms with van der Waals surface area (Å²) >= 11 is 0. The zero-order valence-corrected chi connectivity index (χ0v) is 13.6. The molecule has 0 radical (unpaired) electrons. The molecule has 2 N–H and O–H groups in total. The maximum atomic E-state index is 12.3. The van der Waals surface area contributed by atoms with Crippen molar-refractivity contribution in [3.8, 4) is 0 Å². The highest BCUT2D eigenvalue weighted by molar-refractivity contribution is 6.05. The van der Waals surface area contributed by atoms with Gasteiger partial charge in [0, 0.05) is 24.2 Å². The maximum Gasteiger partial charge on any atom is 0.364 e. The molecule has 1 saturated heterocycles. The van der Waals surface area contributed by atoms with E-state index in [2.05, 4.69) is 23.8 Å². The molecule has 2 rings (SSSR count). The van der Waals surface area contributed by atoms with Gasteiger partial charge in [-0.25, -0.2) is 4.79 Å². The molecule has 0 bridgehead atoms. The fraction of sp³-hybridized carbons (Fsp3) is 0.118. The Morgan fingerprint density at radius 2 is 1.38 bits per heavy atom. The monoisotopic (exact) mass is 357 g/mol. The quantitative estimate of drug-likeness (QED) is 0.582. The summed E-state index contributed by atoms with van der Waals surface area (Å²) in [6.07, 6.45) is 1.97. The Morgan fingerprint density at radius 1 is 0.923 bits per heavy atom. The number of hydroxylamine groups is 2. The fourth-order valence-corrected chi connectivity index (χ4v) is 2.07. The molecular weight excluding hydrogens is 342 g/mol. The molecule has 0 aliphatic carbocycles. The molecule has 1 heterocycles. The van der Waals surface area contributed by atoms with Crippen LogP contribution in [0.2, 0.25) is 0 Å². The maximum absolute atomic E-state index is 12.3. The van der Waals surface area contributed by atoms with Crippen LogP contribution in [0.4, 0.5) is 11.4 Å². The first-order valence-corrected chi connectivity index (χ1v) is 7.44. The predicted octanol–water partition coefficient (Wildman–Crippen LogP) is 1.16. The number of imide groups is 1. The van der Waals surface area contributed by atoms with E-state index in [9.17, 15) is 24.0 Å². The molecule has 1 aromatic carbocycles. The second-order valence-corrected chi connectivity index (χ2v) is 5.15. The Hall–Kier alpha value is -3.75. The lowest BCUT2D eigenvalue weighted by Crippen LogP contribution is -2.32. The topological polar surface area (TPSA) is 122 Å². The highest BCUT2D eigenvalue weighted by atomic mass is 16.7. The van der Waals surface area contributed by atoms with Gasteiger partial charge in [-0.05, 0) is 30.4 Å². The van der Waals surface area contributed by atoms with Crippen molar-refractivity contribution in [1.29, 1.82) is 0 Å². The summed E-state index contributed by atoms with van der Waals surface area (Å²) in [5.74, 6) is -3.33. The largest absolute Gasteiger partial charge is 0.364 e. The lowest BCUT2D eigenvalue weighted by Gasteiger charge is -2.14. The zero-order chi connectivity index (χ0) is 19.3. The molecule has 1 fully saturated rings. The van der Waals surface area contributed by atoms with Gasteiger partial charge in [-0.2, -0.15) is 0 Å². The van der Waals surface area contributed by atoms with Gasteiger partial charge in [-0.15, -0.1) is 5.06 Å². The second kappa shape index (κ2) is 7.88. The molecule has 1 aromatic rings. The van der Waals surface area contributed by atoms with Crippen LogP contribution in [0, 0.1) is 0 Å². The third-order valence-corrected chi connectivity index (χ3v) is 3.25. The Bertz CT molecular complexity index is 774. The molecule has 0 atom stereocenters. The van der Waals surface area contributed by atoms with Gasteiger partial charge < -0.3 is 15.5 Å². The van der Waals surface area contributed by atoms with Crippen molar-refractivity contribution in [2.24, 2.45) is 0 Å². The number of amides is 4. The van der Waals surface area contributed by atoms with Gasteiger partial charge in [-0.1, -0.05) is 13.2 Å². The summed E-state index contributed by atoms with van der Waals surface area (Å²) in [4.78, 5) is 63.1. The molecule has 9 heteroatoms. The SMILES string of the molecule is C=CC(=O)Nc1cc(NC(=O)C=C)cc(C(=O)ON2C(=O)CCC2=O)c1. The van der Waals surface area contributed by atoms with E-state index < -0.39 is 29.6 Å². The molecule has 0 unspecified atom stereocenters. The third kappa shape index (κ3) is 4.41. The Kier molecular flexibility index (Phi) is 5.63. The Morgan fingerprint density at radius 3 is 1.81 bits per heavy atom. The van der Waals surface area contributed by atoms with Crippen LogP contribution in [0.1, 0.15) is 23.2 Å². The van der Waals surface area contributed by atoms with Crippen molar-refractivity contribution in [1.82, 2.24) is 5.06 Å². The van der Waals surface area contributed by atoms with Crippen molar-refractivity contribution in [3.63, 3.8) is 0 Å². The van der Waals surface area contributed by atoms with Gasteiger partial charge in [0.1, 0.15) is 0 Å². The first-order valence-electron chi connectivity index (χ1n) is 7.44. The van der Waals surface area contributed by atoms with Crippen molar-refractivity contribution in [3.05, 3.63) is 49.1 Å². The fourth-order valence-electron chi connectivity index (χ4n) is 2.07. The van der Waals surface area contributed by atoms with Crippen molar-refractivity contribution >= 4 is 41.0 Å². The van der Waals surface area contributed by atoms with Crippen LogP contribution in [-0.2, 0) is 24.0 Å². The van der Waals surface area contributed by atoms with Crippen LogP contribution in [0.25, 0.3) is 0 Å². The Labute approximate surface area is 148 Å². The predicted molar refractivity (Wildman–Crippen MR) is 90.6 cm³/mol. The summed E-state index contributed by atoms with van der Waals surface area (Å²) in [6, 6.07) is 3.92. The van der Waals surface area contributed by atoms with Gasteiger partial charge in [0.2, 0.25) is 11.8 Å². The molecule has 1 aliphatic heterocycles. The average molecular weight is 357 g/mol. The molecule has 134 valence electrons. The lowest BCUT2D eigenvalue weighted by atomic mass is 10.1. The van der Waals surface area contributed by atoms with E-state index in [-0.39, 0.29) is 29.8 Å². The molecular formula is C17H15N3O6. The van der Waals surface area contributed by atoms with E-state index in [1.165, 1.54) is 18.2 Å². The Balaban J connectivity index is 2.30. The summed E-state index contributed by atoms with van der Waals surface area (Å²) in [5.41, 5.74) is 0.240. The van der Waals surface area contributed by atoms with Crippen LogP contribution in [0.5, 0.6) is 0 Å². The van der Waals surface area contributed by atoms with E-state index in [0.29, 0.717) is 5.06 Å². The smallest absolute Gasteiger partial charge is 0.325 e. The minimum atomic E-state index is -1.00. The van der Waals surface area contributed by atoms with Gasteiger partial charge in [0.05, 0.1) is 5.56 Å². The average Bonchev–Trinajstić information content (AvgIpc) is 2.93. The highest BCUT2D eigenvalue weighted by Crippen LogP contribution is 2.22. The molecule has 9 nitrogen and oxygen atoms in total. The van der Waals surface area contributed by atoms with Crippen LogP contribution >= 0.6 is 0 Å². The van der Waals surface area contributed by atoms with E-state index in [0.717, 1.165) is 12.2 Å². The summed E-state index contributed by atoms with van der Waals surface area (Å²) in [5, 5.41) is 5.28. The highest BCUT2D eigenvalue weighted by Gasteiger charge is 2.33. The van der Waals surface area contributed by atoms with Crippen molar-refractivity contribution in [2.45, 2.75) is 12.8 Å². The number of rotatable bonds is 6. The number of carbonyl (C=O) groups is 5. The standard InChI is InChI=1S/C17H15N3O6/c1-3-13(21)18-11-7-10(8-12(9-11)19-14(22)4-2)17(25)26-20-15(23)5-6-16(20)24/h3-4,7-9H,1-2,5-6H2,(H,18,21)(H,19,22). The number of nitrogens with one attached hydrogen (secondary N) is 2. The normalized spacial score (nSPS) is 13.2. The first-order chi connectivity index (χ1) is 12.3. The molecule has 4 amide bonds. The van der Waals surface area contributed by atoms with Gasteiger partial charge in [0.15, 0.2) is 0 Å². The molecule has 0 spiro atoms. The van der Waals surface area contributed by atoms with Crippen molar-refractivity contribution < 1.29 is 28.8 Å². The zero-order valence-electron chi connectivity index (χ0n) is 13.6. The second-order valence-electron chi connectivity index (χ2n) is 5.15. The van der Waals surface area contributed by atoms with E-state index >= 15 is 0 Å². The lowest BCUT2D eigenvalue weighted by molar-refractivity contribution is -0.172. The first kappa shape index (κ1) is 18.6. The van der Waals surface area contributed by atoms with Crippen LogP contribution in [0.15, 0.2) is 43.5 Å². The van der Waals surface area contributed by atoms with E-state index in [1.54, 1.807) is 0 Å². The van der Waals surface area contributed by atoms with Crippen LogP contribution in [-0.4, -0.2) is 34.7 Å². The van der Waals surface area contributed by atoms with Crippen LogP contribution < -0.4 is 10.6 Å². The number of benzene rings is 1. The number of anilines is 2. The van der Waals surface area contributed by atoms with Crippen LogP contribution in [0.3, 0.4) is 0 Å². The number of nitrogens with zero attached hydrogens (tertiary/aromatic N) is 1. The minimum absolute atomic E-state index is 0.0395. The van der Waals surface area contributed by atoms with E-state index in [4.69, 9.17) is 4.84 Å². The minimum Gasteiger partial charge on any atom is -0.325 e. The number of hydrogen-bond donors (Lipinski definition) is 2. The van der Waals surface area contributed by atoms with E-state index in [1.807, 2.05) is 0 Å². The molecule has 1 aliphatic rings. The summed E-state index contributed by atoms with van der Waals surface area (Å²) < 4.78 is 0. The summed E-state index contributed by atoms with van der Waals surface area (Å²) in [7, 11) is 0. The molecule has 0 aromatic heterocycles. The number of carbonyl (C=O) groups excluding carboxylic acids is 5. The van der Waals surface area contributed by atoms with Gasteiger partial charge in [0.25, 0.3) is 11.8 Å². The molecule has 26 heavy (non-hydrogen) atoms. The van der Waals surface area contributed by atoms with Gasteiger partial charge in [-0.3, -0.25) is 19.2 Å². The van der Waals surface area contributed by atoms with Crippen molar-refractivity contribution in [2.75, 3.05) is 10.6 Å². The van der Waals surface area contributed by atoms with Gasteiger partial charge >= 0.3 is 5.97 Å².